The number of amides is 2. The third-order valence-electron chi connectivity index (χ3n) is 3.58. The van der Waals surface area contributed by atoms with Crippen LogP contribution < -0.4 is 29.6 Å². The molecule has 0 atom stereocenters. The maximum atomic E-state index is 13.4. The van der Waals surface area contributed by atoms with Gasteiger partial charge in [-0.15, -0.1) is 0 Å². The van der Waals surface area contributed by atoms with E-state index in [9.17, 15) is 13.6 Å². The van der Waals surface area contributed by atoms with Crippen LogP contribution in [0.1, 0.15) is 0 Å². The number of carbonyl (C=O) groups is 1. The molecule has 0 saturated carbocycles. The first-order valence-corrected chi connectivity index (χ1v) is 8.37. The number of methoxy groups -OCH3 is 3. The third kappa shape index (κ3) is 6.17. The van der Waals surface area contributed by atoms with Crippen molar-refractivity contribution in [2.75, 3.05) is 39.8 Å². The van der Waals surface area contributed by atoms with Gasteiger partial charge in [-0.05, 0) is 12.1 Å². The van der Waals surface area contributed by atoms with Crippen LogP contribution in [-0.2, 0) is 0 Å². The van der Waals surface area contributed by atoms with E-state index in [0.29, 0.717) is 22.9 Å². The predicted molar refractivity (Wildman–Crippen MR) is 103 cm³/mol. The second-order valence-corrected chi connectivity index (χ2v) is 5.44. The van der Waals surface area contributed by atoms with Gasteiger partial charge in [-0.2, -0.15) is 0 Å². The molecule has 0 aliphatic rings. The molecular formula is C20H20F2N2O5. The van der Waals surface area contributed by atoms with Crippen LogP contribution in [0, 0.1) is 23.5 Å². The van der Waals surface area contributed by atoms with Gasteiger partial charge in [0, 0.05) is 18.2 Å². The summed E-state index contributed by atoms with van der Waals surface area (Å²) >= 11 is 0. The van der Waals surface area contributed by atoms with E-state index in [0.717, 1.165) is 12.1 Å². The number of rotatable bonds is 7. The molecule has 9 heteroatoms. The number of hydrogen-bond donors (Lipinski definition) is 2. The van der Waals surface area contributed by atoms with Crippen molar-refractivity contribution < 1.29 is 32.5 Å². The molecule has 2 N–H and O–H groups in total. The number of ether oxygens (including phenoxy) is 4. The minimum absolute atomic E-state index is 0.0333. The van der Waals surface area contributed by atoms with E-state index in [1.165, 1.54) is 27.4 Å². The Balaban J connectivity index is 1.84. The van der Waals surface area contributed by atoms with Gasteiger partial charge in [-0.1, -0.05) is 11.8 Å². The van der Waals surface area contributed by atoms with Crippen molar-refractivity contribution in [1.29, 1.82) is 0 Å². The molecule has 7 nitrogen and oxygen atoms in total. The molecule has 0 heterocycles. The Hall–Kier alpha value is -3.67. The number of carbonyl (C=O) groups excluding carboxylic acids is 1. The van der Waals surface area contributed by atoms with Crippen molar-refractivity contribution in [1.82, 2.24) is 5.32 Å². The lowest BCUT2D eigenvalue weighted by Crippen LogP contribution is -2.29. The topological polar surface area (TPSA) is 78.1 Å². The molecular weight excluding hydrogens is 386 g/mol. The highest BCUT2D eigenvalue weighted by molar-refractivity contribution is 5.90. The van der Waals surface area contributed by atoms with Gasteiger partial charge in [-0.3, -0.25) is 0 Å². The number of urea groups is 1. The van der Waals surface area contributed by atoms with Crippen molar-refractivity contribution in [3.8, 4) is 34.8 Å². The molecule has 29 heavy (non-hydrogen) atoms. The van der Waals surface area contributed by atoms with Gasteiger partial charge in [0.2, 0.25) is 5.75 Å². The predicted octanol–water partition coefficient (Wildman–Crippen LogP) is 3.19. The van der Waals surface area contributed by atoms with Crippen LogP contribution in [0.25, 0.3) is 0 Å². The second-order valence-electron chi connectivity index (χ2n) is 5.44. The van der Waals surface area contributed by atoms with E-state index in [-0.39, 0.29) is 18.9 Å². The fourth-order valence-electron chi connectivity index (χ4n) is 2.27. The Kier molecular flexibility index (Phi) is 7.91. The minimum atomic E-state index is -0.811. The van der Waals surface area contributed by atoms with Crippen molar-refractivity contribution >= 4 is 11.7 Å². The Morgan fingerprint density at radius 3 is 2.24 bits per heavy atom. The molecule has 2 rings (SSSR count). The molecule has 2 aromatic rings. The van der Waals surface area contributed by atoms with E-state index in [4.69, 9.17) is 18.9 Å². The number of hydrogen-bond acceptors (Lipinski definition) is 5. The summed E-state index contributed by atoms with van der Waals surface area (Å²) in [6.45, 7) is -0.0791. The number of nitrogens with one attached hydrogen (secondary N) is 2. The molecule has 0 bridgehead atoms. The zero-order valence-corrected chi connectivity index (χ0v) is 16.1. The van der Waals surface area contributed by atoms with Gasteiger partial charge in [0.25, 0.3) is 0 Å². The average molecular weight is 406 g/mol. The third-order valence-corrected chi connectivity index (χ3v) is 3.58. The van der Waals surface area contributed by atoms with Gasteiger partial charge in [0.15, 0.2) is 23.1 Å². The lowest BCUT2D eigenvalue weighted by atomic mass is 10.2. The Labute approximate surface area is 166 Å². The van der Waals surface area contributed by atoms with Crippen LogP contribution in [0.2, 0.25) is 0 Å². The van der Waals surface area contributed by atoms with Crippen molar-refractivity contribution in [3.63, 3.8) is 0 Å². The molecule has 2 amide bonds. The fourth-order valence-corrected chi connectivity index (χ4v) is 2.27. The first-order valence-electron chi connectivity index (χ1n) is 8.37. The normalized spacial score (nSPS) is 9.69. The molecule has 154 valence electrons. The molecule has 0 aromatic heterocycles. The summed E-state index contributed by atoms with van der Waals surface area (Å²) in [5, 5.41) is 5.16. The molecule has 0 unspecified atom stereocenters. The Morgan fingerprint density at radius 2 is 1.66 bits per heavy atom. The summed E-state index contributed by atoms with van der Waals surface area (Å²) in [4.78, 5) is 12.0. The highest BCUT2D eigenvalue weighted by atomic mass is 19.1. The minimum Gasteiger partial charge on any atom is -0.493 e. The van der Waals surface area contributed by atoms with Crippen LogP contribution in [0.15, 0.2) is 30.3 Å². The van der Waals surface area contributed by atoms with Gasteiger partial charge in [-0.25, -0.2) is 13.6 Å². The summed E-state index contributed by atoms with van der Waals surface area (Å²) in [6.07, 6.45) is 0. The highest BCUT2D eigenvalue weighted by Gasteiger charge is 2.14. The molecule has 0 saturated heterocycles. The zero-order chi connectivity index (χ0) is 21.2. The van der Waals surface area contributed by atoms with Crippen LogP contribution >= 0.6 is 0 Å². The van der Waals surface area contributed by atoms with E-state index in [2.05, 4.69) is 22.5 Å². The van der Waals surface area contributed by atoms with Crippen molar-refractivity contribution in [2.45, 2.75) is 0 Å². The van der Waals surface area contributed by atoms with Crippen molar-refractivity contribution in [2.24, 2.45) is 0 Å². The van der Waals surface area contributed by atoms with E-state index in [1.54, 1.807) is 12.1 Å². The molecule has 2 aromatic carbocycles. The molecule has 0 spiro atoms. The van der Waals surface area contributed by atoms with Crippen LogP contribution in [0.5, 0.6) is 23.0 Å². The number of benzene rings is 2. The standard InChI is InChI=1S/C20H20F2N2O5/c1-26-17-11-14(12-18(27-2)19(17)28-3)24-20(25)23-8-4-5-9-29-16-7-6-13(21)10-15(16)22/h6-7,10-12H,8-9H2,1-3H3,(H2,23,24,25). The quantitative estimate of drug-likeness (QED) is 0.691. The van der Waals surface area contributed by atoms with Gasteiger partial charge < -0.3 is 29.6 Å². The monoisotopic (exact) mass is 406 g/mol. The lowest BCUT2D eigenvalue weighted by molar-refractivity contribution is 0.253. The van der Waals surface area contributed by atoms with E-state index < -0.39 is 17.7 Å². The lowest BCUT2D eigenvalue weighted by Gasteiger charge is -2.14. The van der Waals surface area contributed by atoms with Crippen LogP contribution in [0.3, 0.4) is 0 Å². The Bertz CT molecular complexity index is 900. The first-order chi connectivity index (χ1) is 14.0. The summed E-state index contributed by atoms with van der Waals surface area (Å²) in [5.41, 5.74) is 0.431. The zero-order valence-electron chi connectivity index (χ0n) is 16.1. The molecule has 0 radical (unpaired) electrons. The molecule has 0 aliphatic carbocycles. The van der Waals surface area contributed by atoms with E-state index in [1.807, 2.05) is 0 Å². The summed E-state index contributed by atoms with van der Waals surface area (Å²) in [7, 11) is 4.42. The van der Waals surface area contributed by atoms with Gasteiger partial charge in [0.1, 0.15) is 12.4 Å². The van der Waals surface area contributed by atoms with Crippen LogP contribution in [-0.4, -0.2) is 40.5 Å². The number of halogens is 2. The second kappa shape index (κ2) is 10.6. The van der Waals surface area contributed by atoms with E-state index >= 15 is 0 Å². The van der Waals surface area contributed by atoms with Crippen LogP contribution in [0.4, 0.5) is 19.3 Å². The van der Waals surface area contributed by atoms with Gasteiger partial charge in [0.05, 0.1) is 33.6 Å². The largest absolute Gasteiger partial charge is 0.493 e. The van der Waals surface area contributed by atoms with Crippen molar-refractivity contribution in [3.05, 3.63) is 42.0 Å². The Morgan fingerprint density at radius 1 is 0.966 bits per heavy atom. The summed E-state index contributed by atoms with van der Waals surface area (Å²) in [5.74, 6) is 4.86. The number of anilines is 1. The maximum absolute atomic E-state index is 13.4. The first kappa shape index (κ1) is 21.6. The summed E-state index contributed by atoms with van der Waals surface area (Å²) in [6, 6.07) is 5.64. The van der Waals surface area contributed by atoms with Gasteiger partial charge >= 0.3 is 6.03 Å². The smallest absolute Gasteiger partial charge is 0.319 e. The highest BCUT2D eigenvalue weighted by Crippen LogP contribution is 2.39. The fraction of sp³-hybridized carbons (Fsp3) is 0.250. The SMILES string of the molecule is COc1cc(NC(=O)NCC#CCOc2ccc(F)cc2F)cc(OC)c1OC. The molecule has 0 fully saturated rings. The average Bonchev–Trinajstić information content (AvgIpc) is 2.71. The molecule has 0 aliphatic heterocycles. The summed E-state index contributed by atoms with van der Waals surface area (Å²) < 4.78 is 46.9. The maximum Gasteiger partial charge on any atom is 0.319 e.